The van der Waals surface area contributed by atoms with Crippen molar-refractivity contribution >= 4 is 17.5 Å². The number of methoxy groups -OCH3 is 2. The van der Waals surface area contributed by atoms with Gasteiger partial charge in [-0.25, -0.2) is 9.59 Å². The van der Waals surface area contributed by atoms with Gasteiger partial charge in [-0.05, 0) is 18.4 Å². The maximum absolute atomic E-state index is 12.8. The first-order valence-corrected chi connectivity index (χ1v) is 9.85. The van der Waals surface area contributed by atoms with E-state index in [1.165, 1.54) is 14.2 Å². The van der Waals surface area contributed by atoms with E-state index in [0.717, 1.165) is 32.1 Å². The molecular weight excluding hydrogens is 382 g/mol. The maximum atomic E-state index is 12.8. The second-order valence-corrected chi connectivity index (χ2v) is 7.30. The molecular formula is C23H23N3O4. The van der Waals surface area contributed by atoms with Gasteiger partial charge in [0.05, 0.1) is 43.2 Å². The molecule has 0 unspecified atom stereocenters. The zero-order valence-electron chi connectivity index (χ0n) is 17.0. The van der Waals surface area contributed by atoms with E-state index in [-0.39, 0.29) is 28.5 Å². The van der Waals surface area contributed by atoms with Gasteiger partial charge in [-0.2, -0.15) is 10.5 Å². The van der Waals surface area contributed by atoms with Crippen molar-refractivity contribution in [2.45, 2.75) is 38.1 Å². The molecule has 2 aliphatic carbocycles. The Morgan fingerprint density at radius 2 is 1.53 bits per heavy atom. The summed E-state index contributed by atoms with van der Waals surface area (Å²) >= 11 is 0. The highest BCUT2D eigenvalue weighted by atomic mass is 16.5. The zero-order chi connectivity index (χ0) is 21.7. The predicted octanol–water partition coefficient (Wildman–Crippen LogP) is 3.01. The lowest BCUT2D eigenvalue weighted by atomic mass is 9.78. The Morgan fingerprint density at radius 1 is 0.967 bits per heavy atom. The number of rotatable bonds is 5. The van der Waals surface area contributed by atoms with E-state index in [2.05, 4.69) is 17.5 Å². The molecule has 2 aliphatic rings. The number of nitriles is 2. The lowest BCUT2D eigenvalue weighted by Crippen LogP contribution is -2.38. The summed E-state index contributed by atoms with van der Waals surface area (Å²) in [5.41, 5.74) is -1.37. The summed E-state index contributed by atoms with van der Waals surface area (Å²) < 4.78 is 9.89. The molecule has 3 rings (SSSR count). The van der Waals surface area contributed by atoms with Crippen molar-refractivity contribution in [1.29, 1.82) is 10.5 Å². The van der Waals surface area contributed by atoms with Gasteiger partial charge in [0.2, 0.25) is 5.41 Å². The molecule has 1 saturated carbocycles. The average Bonchev–Trinajstić information content (AvgIpc) is 3.09. The van der Waals surface area contributed by atoms with E-state index < -0.39 is 17.4 Å². The van der Waals surface area contributed by atoms with Gasteiger partial charge in [0.25, 0.3) is 0 Å². The number of hydrogen-bond acceptors (Lipinski definition) is 7. The predicted molar refractivity (Wildman–Crippen MR) is 108 cm³/mol. The number of carbonyl (C=O) groups is 2. The second-order valence-electron chi connectivity index (χ2n) is 7.30. The smallest absolute Gasteiger partial charge is 0.340 e. The number of ether oxygens (including phenoxy) is 2. The van der Waals surface area contributed by atoms with E-state index in [1.807, 2.05) is 0 Å². The van der Waals surface area contributed by atoms with Crippen molar-refractivity contribution in [3.63, 3.8) is 0 Å². The molecule has 1 fully saturated rings. The third-order valence-electron chi connectivity index (χ3n) is 5.63. The topological polar surface area (TPSA) is 112 Å². The van der Waals surface area contributed by atoms with Crippen LogP contribution in [0.2, 0.25) is 0 Å². The Kier molecular flexibility index (Phi) is 6.23. The van der Waals surface area contributed by atoms with Crippen LogP contribution in [-0.4, -0.2) is 32.2 Å². The van der Waals surface area contributed by atoms with Crippen LogP contribution >= 0.6 is 0 Å². The molecule has 1 N–H and O–H groups in total. The number of benzene rings is 1. The molecule has 0 bridgehead atoms. The summed E-state index contributed by atoms with van der Waals surface area (Å²) in [5, 5.41) is 23.7. The second kappa shape index (κ2) is 8.84. The molecule has 0 saturated heterocycles. The van der Waals surface area contributed by atoms with Crippen molar-refractivity contribution in [2.75, 3.05) is 14.2 Å². The first-order valence-electron chi connectivity index (χ1n) is 9.85. The monoisotopic (exact) mass is 405 g/mol. The number of carbonyl (C=O) groups excluding carboxylic acids is 2. The minimum atomic E-state index is -1.87. The fourth-order valence-corrected chi connectivity index (χ4v) is 4.21. The van der Waals surface area contributed by atoms with Crippen molar-refractivity contribution < 1.29 is 19.1 Å². The molecule has 0 atom stereocenters. The highest BCUT2D eigenvalue weighted by Crippen LogP contribution is 2.51. The van der Waals surface area contributed by atoms with E-state index >= 15 is 0 Å². The maximum Gasteiger partial charge on any atom is 0.340 e. The van der Waals surface area contributed by atoms with E-state index in [1.54, 1.807) is 30.3 Å². The van der Waals surface area contributed by atoms with Gasteiger partial charge in [0, 0.05) is 11.6 Å². The fraction of sp³-hybridized carbons (Fsp3) is 0.391. The van der Waals surface area contributed by atoms with E-state index in [0.29, 0.717) is 5.56 Å². The third kappa shape index (κ3) is 3.44. The van der Waals surface area contributed by atoms with Crippen molar-refractivity contribution in [3.05, 3.63) is 52.7 Å². The van der Waals surface area contributed by atoms with Crippen LogP contribution in [0, 0.1) is 28.1 Å². The standard InChI is InChI=1S/C23H23N3O4/c1-29-21(27)17-18(22(28)30-2)20(26-16-11-7-4-8-12-16)23(13-24,14-25)19(17)15-9-5-3-6-10-15/h3,5-6,9-10,16,26H,4,7-8,11-12H2,1-2H3. The summed E-state index contributed by atoms with van der Waals surface area (Å²) in [5.74, 6) is -1.60. The first-order chi connectivity index (χ1) is 14.5. The molecule has 0 radical (unpaired) electrons. The van der Waals surface area contributed by atoms with Crippen LogP contribution in [0.1, 0.15) is 37.7 Å². The molecule has 0 aromatic heterocycles. The molecule has 0 spiro atoms. The van der Waals surface area contributed by atoms with E-state index in [9.17, 15) is 20.1 Å². The Morgan fingerprint density at radius 3 is 2.07 bits per heavy atom. The SMILES string of the molecule is COC(=O)C1=C(NC2CCCCC2)C(C#N)(C#N)C(c2ccccc2)=C1C(=O)OC. The molecule has 30 heavy (non-hydrogen) atoms. The molecule has 0 amide bonds. The Balaban J connectivity index is 2.32. The quantitative estimate of drug-likeness (QED) is 0.749. The summed E-state index contributed by atoms with van der Waals surface area (Å²) in [6.07, 6.45) is 4.82. The van der Waals surface area contributed by atoms with Gasteiger partial charge in [0.15, 0.2) is 0 Å². The minimum Gasteiger partial charge on any atom is -0.465 e. The number of hydrogen-bond donors (Lipinski definition) is 1. The first kappa shape index (κ1) is 21.1. The lowest BCUT2D eigenvalue weighted by Gasteiger charge is -2.29. The Hall–Kier alpha value is -3.58. The summed E-state index contributed by atoms with van der Waals surface area (Å²) in [6.45, 7) is 0. The van der Waals surface area contributed by atoms with Gasteiger partial charge in [-0.15, -0.1) is 0 Å². The third-order valence-corrected chi connectivity index (χ3v) is 5.63. The summed E-state index contributed by atoms with van der Waals surface area (Å²) in [4.78, 5) is 25.6. The lowest BCUT2D eigenvalue weighted by molar-refractivity contribution is -0.139. The highest BCUT2D eigenvalue weighted by molar-refractivity contribution is 6.17. The van der Waals surface area contributed by atoms with Crippen LogP contribution in [-0.2, 0) is 19.1 Å². The highest BCUT2D eigenvalue weighted by Gasteiger charge is 2.53. The Bertz CT molecular complexity index is 976. The molecule has 7 nitrogen and oxygen atoms in total. The van der Waals surface area contributed by atoms with Crippen molar-refractivity contribution in [3.8, 4) is 12.1 Å². The number of esters is 2. The average molecular weight is 405 g/mol. The molecule has 7 heteroatoms. The number of nitrogens with zero attached hydrogens (tertiary/aromatic N) is 2. The van der Waals surface area contributed by atoms with Crippen molar-refractivity contribution in [1.82, 2.24) is 5.32 Å². The normalized spacial score (nSPS) is 18.4. The molecule has 1 aromatic carbocycles. The summed E-state index contributed by atoms with van der Waals surface area (Å²) in [6, 6.07) is 12.8. The molecule has 1 aromatic rings. The van der Waals surface area contributed by atoms with Crippen LogP contribution < -0.4 is 5.32 Å². The zero-order valence-corrected chi connectivity index (χ0v) is 17.0. The molecule has 154 valence electrons. The van der Waals surface area contributed by atoms with Crippen LogP contribution in [0.15, 0.2) is 47.2 Å². The molecule has 0 heterocycles. The van der Waals surface area contributed by atoms with Gasteiger partial charge in [-0.3, -0.25) is 0 Å². The number of allylic oxidation sites excluding steroid dienone is 1. The minimum absolute atomic E-state index is 0.0106. The molecule has 0 aliphatic heterocycles. The van der Waals surface area contributed by atoms with Gasteiger partial charge < -0.3 is 14.8 Å². The largest absolute Gasteiger partial charge is 0.465 e. The summed E-state index contributed by atoms with van der Waals surface area (Å²) in [7, 11) is 2.39. The fourth-order valence-electron chi connectivity index (χ4n) is 4.21. The van der Waals surface area contributed by atoms with E-state index in [4.69, 9.17) is 9.47 Å². The Labute approximate surface area is 175 Å². The van der Waals surface area contributed by atoms with Crippen LogP contribution in [0.5, 0.6) is 0 Å². The number of nitrogens with one attached hydrogen (secondary N) is 1. The van der Waals surface area contributed by atoms with Crippen molar-refractivity contribution in [2.24, 2.45) is 5.41 Å². The van der Waals surface area contributed by atoms with Gasteiger partial charge >= 0.3 is 11.9 Å². The van der Waals surface area contributed by atoms with Gasteiger partial charge in [-0.1, -0.05) is 49.6 Å². The van der Waals surface area contributed by atoms with Crippen LogP contribution in [0.3, 0.4) is 0 Å². The van der Waals surface area contributed by atoms with Crippen LogP contribution in [0.4, 0.5) is 0 Å². The van der Waals surface area contributed by atoms with Gasteiger partial charge in [0.1, 0.15) is 0 Å². The van der Waals surface area contributed by atoms with Crippen LogP contribution in [0.25, 0.3) is 5.57 Å².